The Kier molecular flexibility index (Phi) is 4.20. The van der Waals surface area contributed by atoms with Gasteiger partial charge in [0, 0.05) is 18.3 Å². The quantitative estimate of drug-likeness (QED) is 0.672. The van der Waals surface area contributed by atoms with Crippen LogP contribution in [0.2, 0.25) is 0 Å². The number of hydrogen-bond donors (Lipinski definition) is 1. The molecule has 0 unspecified atom stereocenters. The van der Waals surface area contributed by atoms with Gasteiger partial charge in [-0.2, -0.15) is 0 Å². The van der Waals surface area contributed by atoms with Gasteiger partial charge in [0.05, 0.1) is 23.4 Å². The van der Waals surface area contributed by atoms with Gasteiger partial charge < -0.3 is 5.32 Å². The molecule has 24 heavy (non-hydrogen) atoms. The molecular weight excluding hydrogens is 306 g/mol. The summed E-state index contributed by atoms with van der Waals surface area (Å²) in [5.41, 5.74) is 1.61. The van der Waals surface area contributed by atoms with E-state index in [2.05, 4.69) is 16.9 Å². The number of carbonyl (C=O) groups is 3. The zero-order chi connectivity index (χ0) is 17.1. The summed E-state index contributed by atoms with van der Waals surface area (Å²) in [5.74, 6) is -1.10. The second kappa shape index (κ2) is 6.45. The summed E-state index contributed by atoms with van der Waals surface area (Å²) in [6, 6.07) is 9.93. The van der Waals surface area contributed by atoms with Crippen LogP contribution >= 0.6 is 0 Å². The highest BCUT2D eigenvalue weighted by atomic mass is 16.2. The summed E-state index contributed by atoms with van der Waals surface area (Å²) in [6.45, 7) is 3.97. The zero-order valence-electron chi connectivity index (χ0n) is 12.9. The van der Waals surface area contributed by atoms with Crippen molar-refractivity contribution in [2.24, 2.45) is 0 Å². The number of rotatable bonds is 5. The highest BCUT2D eigenvalue weighted by molar-refractivity contribution is 6.22. The summed E-state index contributed by atoms with van der Waals surface area (Å²) in [6.07, 6.45) is 3.14. The monoisotopic (exact) mass is 321 g/mol. The molecular formula is C18H15N3O3. The molecule has 2 heterocycles. The number of carbonyl (C=O) groups excluding carboxylic acids is 3. The fraction of sp³-hybridized carbons (Fsp3) is 0.111. The molecule has 6 nitrogen and oxygen atoms in total. The number of pyridine rings is 1. The van der Waals surface area contributed by atoms with Gasteiger partial charge in [0.25, 0.3) is 17.7 Å². The maximum Gasteiger partial charge on any atom is 0.261 e. The molecule has 0 saturated heterocycles. The molecule has 0 spiro atoms. The Bertz CT molecular complexity index is 831. The van der Waals surface area contributed by atoms with Gasteiger partial charge in [0.2, 0.25) is 0 Å². The van der Waals surface area contributed by atoms with E-state index >= 15 is 0 Å². The second-order valence-electron chi connectivity index (χ2n) is 5.27. The van der Waals surface area contributed by atoms with Crippen molar-refractivity contribution in [2.75, 3.05) is 6.54 Å². The number of imide groups is 1. The largest absolute Gasteiger partial charge is 0.346 e. The number of amides is 3. The molecule has 0 fully saturated rings. The topological polar surface area (TPSA) is 79.4 Å². The number of aromatic nitrogens is 1. The van der Waals surface area contributed by atoms with Gasteiger partial charge in [-0.05, 0) is 30.3 Å². The van der Waals surface area contributed by atoms with Crippen molar-refractivity contribution >= 4 is 17.7 Å². The van der Waals surface area contributed by atoms with E-state index in [1.165, 1.54) is 24.3 Å². The predicted octanol–water partition coefficient (Wildman–Crippen LogP) is 1.79. The number of nitrogens with zero attached hydrogens (tertiary/aromatic N) is 2. The molecule has 0 radical (unpaired) electrons. The third-order valence-corrected chi connectivity index (χ3v) is 3.70. The van der Waals surface area contributed by atoms with Gasteiger partial charge in [-0.15, -0.1) is 6.58 Å². The van der Waals surface area contributed by atoms with E-state index in [4.69, 9.17) is 0 Å². The number of fused-ring (bicyclic) bond motifs is 1. The van der Waals surface area contributed by atoms with Gasteiger partial charge in [-0.25, -0.2) is 0 Å². The van der Waals surface area contributed by atoms with E-state index in [0.29, 0.717) is 11.1 Å². The lowest BCUT2D eigenvalue weighted by atomic mass is 10.1. The van der Waals surface area contributed by atoms with E-state index in [1.807, 2.05) is 6.07 Å². The molecule has 3 rings (SSSR count). The highest BCUT2D eigenvalue weighted by Gasteiger charge is 2.35. The smallest absolute Gasteiger partial charge is 0.261 e. The first-order valence-corrected chi connectivity index (χ1v) is 7.41. The average molecular weight is 321 g/mol. The molecule has 1 aromatic carbocycles. The van der Waals surface area contributed by atoms with E-state index in [1.54, 1.807) is 18.3 Å². The molecule has 0 saturated carbocycles. The van der Waals surface area contributed by atoms with Crippen LogP contribution in [-0.4, -0.2) is 34.2 Å². The van der Waals surface area contributed by atoms with Crippen molar-refractivity contribution in [2.45, 2.75) is 6.54 Å². The first kappa shape index (κ1) is 15.6. The van der Waals surface area contributed by atoms with Crippen LogP contribution in [-0.2, 0) is 6.54 Å². The van der Waals surface area contributed by atoms with Gasteiger partial charge in [-0.3, -0.25) is 24.3 Å². The fourth-order valence-electron chi connectivity index (χ4n) is 2.50. The maximum atomic E-state index is 12.3. The lowest BCUT2D eigenvalue weighted by molar-refractivity contribution is 0.0672. The molecule has 2 aromatic rings. The number of benzene rings is 1. The van der Waals surface area contributed by atoms with Crippen molar-refractivity contribution in [3.8, 4) is 0 Å². The maximum absolute atomic E-state index is 12.3. The van der Waals surface area contributed by atoms with Gasteiger partial charge in [0.1, 0.15) is 0 Å². The summed E-state index contributed by atoms with van der Waals surface area (Å²) < 4.78 is 0. The highest BCUT2D eigenvalue weighted by Crippen LogP contribution is 2.23. The lowest BCUT2D eigenvalue weighted by Crippen LogP contribution is -2.29. The van der Waals surface area contributed by atoms with E-state index < -0.39 is 5.91 Å². The second-order valence-corrected chi connectivity index (χ2v) is 5.27. The van der Waals surface area contributed by atoms with Crippen molar-refractivity contribution in [1.29, 1.82) is 0 Å². The third kappa shape index (κ3) is 2.81. The van der Waals surface area contributed by atoms with Crippen LogP contribution in [0.4, 0.5) is 0 Å². The van der Waals surface area contributed by atoms with Crippen LogP contribution in [0.1, 0.15) is 36.8 Å². The fourth-order valence-corrected chi connectivity index (χ4v) is 2.50. The minimum absolute atomic E-state index is 0.146. The Balaban J connectivity index is 1.77. The Morgan fingerprint density at radius 2 is 1.96 bits per heavy atom. The number of hydrogen-bond acceptors (Lipinski definition) is 4. The molecule has 6 heteroatoms. The Morgan fingerprint density at radius 1 is 1.17 bits per heavy atom. The number of nitrogens with one attached hydrogen (secondary N) is 1. The van der Waals surface area contributed by atoms with Crippen LogP contribution in [0.25, 0.3) is 0 Å². The summed E-state index contributed by atoms with van der Waals surface area (Å²) in [7, 11) is 0. The summed E-state index contributed by atoms with van der Waals surface area (Å²) in [5, 5.41) is 2.74. The first-order valence-electron chi connectivity index (χ1n) is 7.41. The van der Waals surface area contributed by atoms with Crippen molar-refractivity contribution in [3.63, 3.8) is 0 Å². The van der Waals surface area contributed by atoms with Crippen molar-refractivity contribution < 1.29 is 14.4 Å². The SMILES string of the molecule is C=CCN1C(=O)c2ccc(C(=O)NCc3ccccn3)cc2C1=O. The normalized spacial score (nSPS) is 12.9. The van der Waals surface area contributed by atoms with E-state index in [-0.39, 0.29) is 30.5 Å². The molecule has 1 aromatic heterocycles. The van der Waals surface area contributed by atoms with Crippen molar-refractivity contribution in [1.82, 2.24) is 15.2 Å². The van der Waals surface area contributed by atoms with Crippen LogP contribution in [0.15, 0.2) is 55.3 Å². The van der Waals surface area contributed by atoms with Gasteiger partial charge >= 0.3 is 0 Å². The minimum Gasteiger partial charge on any atom is -0.346 e. The lowest BCUT2D eigenvalue weighted by Gasteiger charge is -2.09. The molecule has 1 aliphatic rings. The predicted molar refractivity (Wildman–Crippen MR) is 87.4 cm³/mol. The molecule has 0 aliphatic carbocycles. The summed E-state index contributed by atoms with van der Waals surface area (Å²) in [4.78, 5) is 41.9. The van der Waals surface area contributed by atoms with E-state index in [9.17, 15) is 14.4 Å². The third-order valence-electron chi connectivity index (χ3n) is 3.70. The van der Waals surface area contributed by atoms with Crippen LogP contribution in [0, 0.1) is 0 Å². The summed E-state index contributed by atoms with van der Waals surface area (Å²) >= 11 is 0. The van der Waals surface area contributed by atoms with Crippen molar-refractivity contribution in [3.05, 3.63) is 77.6 Å². The molecule has 120 valence electrons. The van der Waals surface area contributed by atoms with Gasteiger partial charge in [0.15, 0.2) is 0 Å². The van der Waals surface area contributed by atoms with Crippen LogP contribution in [0.5, 0.6) is 0 Å². The Hall–Kier alpha value is -3.28. The minimum atomic E-state index is -0.408. The van der Waals surface area contributed by atoms with Crippen LogP contribution < -0.4 is 5.32 Å². The average Bonchev–Trinajstić information content (AvgIpc) is 2.85. The molecule has 3 amide bonds. The molecule has 0 bridgehead atoms. The molecule has 1 aliphatic heterocycles. The van der Waals surface area contributed by atoms with Gasteiger partial charge in [-0.1, -0.05) is 12.1 Å². The van der Waals surface area contributed by atoms with Crippen LogP contribution in [0.3, 0.4) is 0 Å². The first-order chi connectivity index (χ1) is 11.6. The van der Waals surface area contributed by atoms with E-state index in [0.717, 1.165) is 10.6 Å². The zero-order valence-corrected chi connectivity index (χ0v) is 12.9. The molecule has 0 atom stereocenters. The molecule has 1 N–H and O–H groups in total. The Labute approximate surface area is 138 Å². The Morgan fingerprint density at radius 3 is 2.67 bits per heavy atom. The standard InChI is InChI=1S/C18H15N3O3/c1-2-9-21-17(23)14-7-6-12(10-15(14)18(21)24)16(22)20-11-13-5-3-4-8-19-13/h2-8,10H,1,9,11H2,(H,20,22).